The monoisotopic (exact) mass is 381 g/mol. The summed E-state index contributed by atoms with van der Waals surface area (Å²) in [4.78, 5) is 15.0. The minimum Gasteiger partial charge on any atom is -0.381 e. The maximum atomic E-state index is 13.1. The smallest absolute Gasteiger partial charge is 0.256 e. The van der Waals surface area contributed by atoms with Gasteiger partial charge in [-0.15, -0.1) is 0 Å². The third-order valence-corrected chi connectivity index (χ3v) is 5.99. The van der Waals surface area contributed by atoms with Gasteiger partial charge in [-0.05, 0) is 30.2 Å². The molecule has 0 aliphatic carbocycles. The van der Waals surface area contributed by atoms with Crippen molar-refractivity contribution in [1.29, 1.82) is 0 Å². The molecule has 1 saturated heterocycles. The summed E-state index contributed by atoms with van der Waals surface area (Å²) in [6, 6.07) is 8.07. The Morgan fingerprint density at radius 1 is 1.19 bits per heavy atom. The van der Waals surface area contributed by atoms with Gasteiger partial charge in [-0.25, -0.2) is 0 Å². The first-order valence-electron chi connectivity index (χ1n) is 9.16. The zero-order valence-corrected chi connectivity index (χ0v) is 15.7. The van der Waals surface area contributed by atoms with Crippen LogP contribution >= 0.6 is 11.6 Å². The average Bonchev–Trinajstić information content (AvgIpc) is 3.10. The molecule has 6 nitrogen and oxygen atoms in total. The van der Waals surface area contributed by atoms with Crippen molar-refractivity contribution >= 4 is 34.1 Å². The Bertz CT molecular complexity index is 1060. The van der Waals surface area contributed by atoms with Crippen LogP contribution < -0.4 is 10.6 Å². The number of amides is 1. The van der Waals surface area contributed by atoms with Gasteiger partial charge in [0.15, 0.2) is 0 Å². The molecule has 3 aromatic rings. The molecule has 1 amide bonds. The van der Waals surface area contributed by atoms with Crippen LogP contribution in [0.4, 0.5) is 5.69 Å². The van der Waals surface area contributed by atoms with E-state index in [4.69, 9.17) is 11.6 Å². The molecular weight excluding hydrogens is 362 g/mol. The number of rotatable bonds is 1. The fourth-order valence-corrected chi connectivity index (χ4v) is 4.52. The van der Waals surface area contributed by atoms with Crippen LogP contribution in [0.2, 0.25) is 5.02 Å². The third kappa shape index (κ3) is 2.51. The minimum absolute atomic E-state index is 0.0493. The standard InChI is InChI=1S/C20H20ClN5O/c1-11-2-5-16-15(10-24-25-16)17(11)13-3-4-14-19(18(13)21)23-9-12-8-22-6-7-26(12)20(14)27/h2-5,10,12,22-23H,6-9H2,1H3,(H,24,25). The lowest BCUT2D eigenvalue weighted by Crippen LogP contribution is -2.55. The number of anilines is 1. The Labute approximate surface area is 161 Å². The number of hydrogen-bond donors (Lipinski definition) is 3. The lowest BCUT2D eigenvalue weighted by atomic mass is 9.95. The molecule has 2 aromatic carbocycles. The Morgan fingerprint density at radius 2 is 2.04 bits per heavy atom. The van der Waals surface area contributed by atoms with Crippen LogP contribution in [0.3, 0.4) is 0 Å². The van der Waals surface area contributed by atoms with Gasteiger partial charge in [0.25, 0.3) is 5.91 Å². The lowest BCUT2D eigenvalue weighted by molar-refractivity contribution is 0.0658. The predicted molar refractivity (Wildman–Crippen MR) is 107 cm³/mol. The predicted octanol–water partition coefficient (Wildman–Crippen LogP) is 3.03. The summed E-state index contributed by atoms with van der Waals surface area (Å²) in [5.41, 5.74) is 5.42. The van der Waals surface area contributed by atoms with E-state index < -0.39 is 0 Å². The van der Waals surface area contributed by atoms with Crippen molar-refractivity contribution in [2.75, 3.05) is 31.5 Å². The van der Waals surface area contributed by atoms with E-state index in [1.165, 1.54) is 0 Å². The molecule has 1 fully saturated rings. The highest BCUT2D eigenvalue weighted by molar-refractivity contribution is 6.37. The van der Waals surface area contributed by atoms with E-state index in [0.29, 0.717) is 17.1 Å². The van der Waals surface area contributed by atoms with E-state index in [1.807, 2.05) is 29.3 Å². The lowest BCUT2D eigenvalue weighted by Gasteiger charge is -2.34. The highest BCUT2D eigenvalue weighted by Crippen LogP contribution is 2.41. The Balaban J connectivity index is 1.68. The number of nitrogens with one attached hydrogen (secondary N) is 3. The highest BCUT2D eigenvalue weighted by Gasteiger charge is 2.33. The molecule has 2 aliphatic heterocycles. The normalized spacial score (nSPS) is 19.4. The number of H-pyrrole nitrogens is 1. The minimum atomic E-state index is 0.0493. The average molecular weight is 382 g/mol. The van der Waals surface area contributed by atoms with Crippen molar-refractivity contribution in [2.24, 2.45) is 0 Å². The van der Waals surface area contributed by atoms with Crippen molar-refractivity contribution in [3.63, 3.8) is 0 Å². The summed E-state index contributed by atoms with van der Waals surface area (Å²) in [5.74, 6) is 0.0493. The van der Waals surface area contributed by atoms with E-state index in [9.17, 15) is 4.79 Å². The fourth-order valence-electron chi connectivity index (χ4n) is 4.19. The summed E-state index contributed by atoms with van der Waals surface area (Å²) < 4.78 is 0. The van der Waals surface area contributed by atoms with Gasteiger partial charge in [0.1, 0.15) is 0 Å². The second-order valence-electron chi connectivity index (χ2n) is 7.18. The number of halogens is 1. The number of piperazine rings is 1. The fraction of sp³-hybridized carbons (Fsp3) is 0.300. The Kier molecular flexibility index (Phi) is 3.84. The van der Waals surface area contributed by atoms with Gasteiger partial charge in [0.05, 0.1) is 34.0 Å². The molecule has 7 heteroatoms. The molecule has 5 rings (SSSR count). The number of hydrogen-bond acceptors (Lipinski definition) is 4. The molecule has 3 heterocycles. The summed E-state index contributed by atoms with van der Waals surface area (Å²) >= 11 is 6.86. The van der Waals surface area contributed by atoms with Crippen molar-refractivity contribution < 1.29 is 4.79 Å². The van der Waals surface area contributed by atoms with Gasteiger partial charge < -0.3 is 15.5 Å². The van der Waals surface area contributed by atoms with E-state index in [1.54, 1.807) is 0 Å². The number of fused-ring (bicyclic) bond motifs is 3. The van der Waals surface area contributed by atoms with Crippen molar-refractivity contribution in [2.45, 2.75) is 13.0 Å². The van der Waals surface area contributed by atoms with Gasteiger partial charge in [-0.3, -0.25) is 9.89 Å². The van der Waals surface area contributed by atoms with Gasteiger partial charge in [0, 0.05) is 37.1 Å². The largest absolute Gasteiger partial charge is 0.381 e. The molecule has 1 unspecified atom stereocenters. The number of carbonyl (C=O) groups excluding carboxylic acids is 1. The summed E-state index contributed by atoms with van der Waals surface area (Å²) in [6.45, 7) is 5.09. The van der Waals surface area contributed by atoms with Gasteiger partial charge >= 0.3 is 0 Å². The van der Waals surface area contributed by atoms with Crippen molar-refractivity contribution in [3.05, 3.63) is 46.6 Å². The molecule has 1 atom stereocenters. The molecule has 3 N–H and O–H groups in total. The van der Waals surface area contributed by atoms with E-state index in [0.717, 1.165) is 52.9 Å². The molecule has 0 radical (unpaired) electrons. The molecule has 0 saturated carbocycles. The van der Waals surface area contributed by atoms with Gasteiger partial charge in [0.2, 0.25) is 0 Å². The van der Waals surface area contributed by atoms with Crippen LogP contribution in [-0.4, -0.2) is 53.2 Å². The van der Waals surface area contributed by atoms with E-state index in [-0.39, 0.29) is 11.9 Å². The molecule has 0 bridgehead atoms. The molecule has 138 valence electrons. The Hall–Kier alpha value is -2.57. The second kappa shape index (κ2) is 6.25. The van der Waals surface area contributed by atoms with Crippen LogP contribution in [0, 0.1) is 6.92 Å². The number of carbonyl (C=O) groups is 1. The third-order valence-electron chi connectivity index (χ3n) is 5.60. The number of aromatic nitrogens is 2. The quantitative estimate of drug-likeness (QED) is 0.605. The SMILES string of the molecule is Cc1ccc2[nH]ncc2c1-c1ccc2c(c1Cl)NCC1CNCCN1C2=O. The first-order chi connectivity index (χ1) is 13.1. The van der Waals surface area contributed by atoms with Crippen LogP contribution in [0.1, 0.15) is 15.9 Å². The maximum absolute atomic E-state index is 13.1. The van der Waals surface area contributed by atoms with Crippen molar-refractivity contribution in [1.82, 2.24) is 20.4 Å². The Morgan fingerprint density at radius 3 is 2.93 bits per heavy atom. The van der Waals surface area contributed by atoms with Crippen molar-refractivity contribution in [3.8, 4) is 11.1 Å². The topological polar surface area (TPSA) is 73.1 Å². The maximum Gasteiger partial charge on any atom is 0.256 e. The summed E-state index contributed by atoms with van der Waals surface area (Å²) in [6.07, 6.45) is 1.82. The molecule has 2 aliphatic rings. The van der Waals surface area contributed by atoms with Gasteiger partial charge in [-0.2, -0.15) is 5.10 Å². The van der Waals surface area contributed by atoms with Crippen LogP contribution in [0.5, 0.6) is 0 Å². The summed E-state index contributed by atoms with van der Waals surface area (Å²) in [7, 11) is 0. The number of aromatic amines is 1. The zero-order valence-electron chi connectivity index (χ0n) is 15.0. The van der Waals surface area contributed by atoms with E-state index >= 15 is 0 Å². The molecule has 27 heavy (non-hydrogen) atoms. The number of nitrogens with zero attached hydrogens (tertiary/aromatic N) is 2. The van der Waals surface area contributed by atoms with Crippen LogP contribution in [0.15, 0.2) is 30.5 Å². The number of benzene rings is 2. The summed E-state index contributed by atoms with van der Waals surface area (Å²) in [5, 5.41) is 15.6. The van der Waals surface area contributed by atoms with E-state index in [2.05, 4.69) is 33.8 Å². The first kappa shape index (κ1) is 16.6. The zero-order chi connectivity index (χ0) is 18.5. The van der Waals surface area contributed by atoms with Crippen LogP contribution in [0.25, 0.3) is 22.0 Å². The second-order valence-corrected chi connectivity index (χ2v) is 7.55. The van der Waals surface area contributed by atoms with Crippen LogP contribution in [-0.2, 0) is 0 Å². The molecular formula is C20H20ClN5O. The molecule has 1 aromatic heterocycles. The number of aryl methyl sites for hydroxylation is 1. The first-order valence-corrected chi connectivity index (χ1v) is 9.54. The highest BCUT2D eigenvalue weighted by atomic mass is 35.5. The molecule has 0 spiro atoms. The van der Waals surface area contributed by atoms with Gasteiger partial charge in [-0.1, -0.05) is 23.7 Å².